The minimum absolute atomic E-state index is 0.274. The van der Waals surface area contributed by atoms with Crippen LogP contribution in [0, 0.1) is 0 Å². The van der Waals surface area contributed by atoms with Gasteiger partial charge in [0.1, 0.15) is 0 Å². The zero-order chi connectivity index (χ0) is 14.4. The van der Waals surface area contributed by atoms with Crippen molar-refractivity contribution >= 4 is 0 Å². The SMILES string of the molecule is CCC1CCCCCN1C(CN)c1ccc(OC)nc1. The Balaban J connectivity index is 2.19. The van der Waals surface area contributed by atoms with Crippen molar-refractivity contribution in [2.24, 2.45) is 5.73 Å². The van der Waals surface area contributed by atoms with E-state index >= 15 is 0 Å². The van der Waals surface area contributed by atoms with E-state index in [2.05, 4.69) is 22.9 Å². The summed E-state index contributed by atoms with van der Waals surface area (Å²) in [5.74, 6) is 0.660. The van der Waals surface area contributed by atoms with Gasteiger partial charge in [0, 0.05) is 30.9 Å². The molecular weight excluding hydrogens is 250 g/mol. The molecule has 0 bridgehead atoms. The molecule has 1 aliphatic heterocycles. The molecule has 2 rings (SSSR count). The largest absolute Gasteiger partial charge is 0.481 e. The number of nitrogens with two attached hydrogens (primary N) is 1. The number of ether oxygens (including phenoxy) is 1. The van der Waals surface area contributed by atoms with E-state index in [1.54, 1.807) is 7.11 Å². The van der Waals surface area contributed by atoms with Crippen molar-refractivity contribution in [2.45, 2.75) is 51.1 Å². The average Bonchev–Trinajstić information content (AvgIpc) is 2.74. The number of aromatic nitrogens is 1. The van der Waals surface area contributed by atoms with Gasteiger partial charge in [-0.15, -0.1) is 0 Å². The van der Waals surface area contributed by atoms with Crippen LogP contribution in [0.1, 0.15) is 50.6 Å². The van der Waals surface area contributed by atoms with Gasteiger partial charge in [-0.3, -0.25) is 4.90 Å². The number of pyridine rings is 1. The first kappa shape index (κ1) is 15.3. The van der Waals surface area contributed by atoms with E-state index in [4.69, 9.17) is 10.5 Å². The second kappa shape index (κ2) is 7.60. The lowest BCUT2D eigenvalue weighted by atomic mass is 10.0. The number of hydrogen-bond acceptors (Lipinski definition) is 4. The maximum absolute atomic E-state index is 6.07. The molecule has 1 aromatic heterocycles. The van der Waals surface area contributed by atoms with E-state index in [-0.39, 0.29) is 6.04 Å². The molecule has 0 aromatic carbocycles. The summed E-state index contributed by atoms with van der Waals surface area (Å²) in [6.07, 6.45) is 8.35. The molecule has 0 saturated carbocycles. The normalized spacial score (nSPS) is 22.2. The highest BCUT2D eigenvalue weighted by atomic mass is 16.5. The van der Waals surface area contributed by atoms with Gasteiger partial charge >= 0.3 is 0 Å². The first-order chi connectivity index (χ1) is 9.80. The summed E-state index contributed by atoms with van der Waals surface area (Å²) in [4.78, 5) is 6.92. The van der Waals surface area contributed by atoms with Crippen molar-refractivity contribution in [2.75, 3.05) is 20.2 Å². The molecule has 1 aromatic rings. The average molecular weight is 277 g/mol. The van der Waals surface area contributed by atoms with Crippen LogP contribution in [0.2, 0.25) is 0 Å². The zero-order valence-corrected chi connectivity index (χ0v) is 12.7. The molecule has 4 heteroatoms. The third-order valence-corrected chi connectivity index (χ3v) is 4.37. The van der Waals surface area contributed by atoms with Gasteiger partial charge in [-0.1, -0.05) is 25.8 Å². The summed E-state index contributed by atoms with van der Waals surface area (Å²) < 4.78 is 5.13. The van der Waals surface area contributed by atoms with E-state index in [1.165, 1.54) is 37.7 Å². The fourth-order valence-electron chi connectivity index (χ4n) is 3.22. The molecule has 20 heavy (non-hydrogen) atoms. The van der Waals surface area contributed by atoms with E-state index in [9.17, 15) is 0 Å². The van der Waals surface area contributed by atoms with Crippen molar-refractivity contribution in [1.82, 2.24) is 9.88 Å². The number of likely N-dealkylation sites (tertiary alicyclic amines) is 1. The topological polar surface area (TPSA) is 51.4 Å². The molecule has 0 spiro atoms. The van der Waals surface area contributed by atoms with Crippen molar-refractivity contribution in [3.8, 4) is 5.88 Å². The Morgan fingerprint density at radius 1 is 1.40 bits per heavy atom. The predicted octanol–water partition coefficient (Wildman–Crippen LogP) is 2.74. The van der Waals surface area contributed by atoms with Crippen LogP contribution in [0.3, 0.4) is 0 Å². The second-order valence-corrected chi connectivity index (χ2v) is 5.53. The molecule has 2 unspecified atom stereocenters. The predicted molar refractivity (Wildman–Crippen MR) is 81.8 cm³/mol. The summed E-state index contributed by atoms with van der Waals surface area (Å²) in [5, 5.41) is 0. The summed E-state index contributed by atoms with van der Waals surface area (Å²) >= 11 is 0. The van der Waals surface area contributed by atoms with Crippen LogP contribution in [0.15, 0.2) is 18.3 Å². The van der Waals surface area contributed by atoms with Gasteiger partial charge < -0.3 is 10.5 Å². The monoisotopic (exact) mass is 277 g/mol. The van der Waals surface area contributed by atoms with Crippen LogP contribution in [0.25, 0.3) is 0 Å². The summed E-state index contributed by atoms with van der Waals surface area (Å²) in [7, 11) is 1.64. The second-order valence-electron chi connectivity index (χ2n) is 5.53. The quantitative estimate of drug-likeness (QED) is 0.899. The molecule has 0 radical (unpaired) electrons. The summed E-state index contributed by atoms with van der Waals surface area (Å²) in [6, 6.07) is 4.95. The van der Waals surface area contributed by atoms with Gasteiger partial charge in [-0.25, -0.2) is 4.98 Å². The molecular formula is C16H27N3O. The van der Waals surface area contributed by atoms with E-state index in [0.717, 1.165) is 6.54 Å². The maximum Gasteiger partial charge on any atom is 0.212 e. The summed E-state index contributed by atoms with van der Waals surface area (Å²) in [5.41, 5.74) is 7.28. The molecule has 1 fully saturated rings. The molecule has 2 N–H and O–H groups in total. The highest BCUT2D eigenvalue weighted by Gasteiger charge is 2.27. The Morgan fingerprint density at radius 3 is 2.85 bits per heavy atom. The molecule has 4 nitrogen and oxygen atoms in total. The Kier molecular flexibility index (Phi) is 5.80. The molecule has 112 valence electrons. The Labute approximate surface area is 122 Å². The third kappa shape index (κ3) is 3.49. The Morgan fingerprint density at radius 2 is 2.25 bits per heavy atom. The van der Waals surface area contributed by atoms with Gasteiger partial charge in [0.2, 0.25) is 5.88 Å². The molecule has 2 atom stereocenters. The van der Waals surface area contributed by atoms with Crippen LogP contribution in [0.4, 0.5) is 0 Å². The fourth-order valence-corrected chi connectivity index (χ4v) is 3.22. The van der Waals surface area contributed by atoms with Crippen molar-refractivity contribution in [3.05, 3.63) is 23.9 Å². The maximum atomic E-state index is 6.07. The van der Waals surface area contributed by atoms with Gasteiger partial charge in [0.05, 0.1) is 7.11 Å². The van der Waals surface area contributed by atoms with E-state index in [1.807, 2.05) is 12.3 Å². The standard InChI is InChI=1S/C16H27N3O/c1-3-14-7-5-4-6-10-19(14)15(11-17)13-8-9-16(20-2)18-12-13/h8-9,12,14-15H,3-7,10-11,17H2,1-2H3. The molecule has 0 amide bonds. The minimum atomic E-state index is 0.274. The smallest absolute Gasteiger partial charge is 0.212 e. The first-order valence-electron chi connectivity index (χ1n) is 7.75. The van der Waals surface area contributed by atoms with E-state index in [0.29, 0.717) is 18.5 Å². The van der Waals surface area contributed by atoms with Gasteiger partial charge in [0.15, 0.2) is 0 Å². The van der Waals surface area contributed by atoms with Gasteiger partial charge in [-0.2, -0.15) is 0 Å². The third-order valence-electron chi connectivity index (χ3n) is 4.37. The number of rotatable bonds is 5. The van der Waals surface area contributed by atoms with Crippen LogP contribution in [-0.2, 0) is 0 Å². The van der Waals surface area contributed by atoms with Gasteiger partial charge in [-0.05, 0) is 31.4 Å². The van der Waals surface area contributed by atoms with Crippen molar-refractivity contribution in [3.63, 3.8) is 0 Å². The van der Waals surface area contributed by atoms with E-state index < -0.39 is 0 Å². The Bertz CT molecular complexity index is 393. The van der Waals surface area contributed by atoms with Gasteiger partial charge in [0.25, 0.3) is 0 Å². The molecule has 1 aliphatic rings. The lowest BCUT2D eigenvalue weighted by Gasteiger charge is -2.36. The number of hydrogen-bond donors (Lipinski definition) is 1. The van der Waals surface area contributed by atoms with Crippen molar-refractivity contribution in [1.29, 1.82) is 0 Å². The molecule has 0 aliphatic carbocycles. The number of nitrogens with zero attached hydrogens (tertiary/aromatic N) is 2. The zero-order valence-electron chi connectivity index (χ0n) is 12.7. The van der Waals surface area contributed by atoms with Crippen LogP contribution in [-0.4, -0.2) is 36.1 Å². The minimum Gasteiger partial charge on any atom is -0.481 e. The highest BCUT2D eigenvalue weighted by molar-refractivity contribution is 5.21. The van der Waals surface area contributed by atoms with Crippen LogP contribution >= 0.6 is 0 Å². The Hall–Kier alpha value is -1.13. The molecule has 1 saturated heterocycles. The highest BCUT2D eigenvalue weighted by Crippen LogP contribution is 2.29. The molecule has 2 heterocycles. The van der Waals surface area contributed by atoms with Crippen molar-refractivity contribution < 1.29 is 4.74 Å². The van der Waals surface area contributed by atoms with Crippen LogP contribution < -0.4 is 10.5 Å². The fraction of sp³-hybridized carbons (Fsp3) is 0.688. The lowest BCUT2D eigenvalue weighted by molar-refractivity contribution is 0.135. The summed E-state index contributed by atoms with van der Waals surface area (Å²) in [6.45, 7) is 4.07. The van der Waals surface area contributed by atoms with Crippen LogP contribution in [0.5, 0.6) is 5.88 Å². The first-order valence-corrected chi connectivity index (χ1v) is 7.75. The number of methoxy groups -OCH3 is 1. The lowest BCUT2D eigenvalue weighted by Crippen LogP contribution is -2.41.